The van der Waals surface area contributed by atoms with E-state index >= 15 is 0 Å². The van der Waals surface area contributed by atoms with E-state index in [1.807, 2.05) is 24.3 Å². The van der Waals surface area contributed by atoms with Crippen LogP contribution < -0.4 is 16.0 Å². The van der Waals surface area contributed by atoms with Gasteiger partial charge in [-0.25, -0.2) is 4.79 Å². The summed E-state index contributed by atoms with van der Waals surface area (Å²) in [4.78, 5) is 11.2. The van der Waals surface area contributed by atoms with E-state index in [1.54, 1.807) is 7.05 Å². The van der Waals surface area contributed by atoms with Gasteiger partial charge in [-0.3, -0.25) is 0 Å². The molecule has 1 aromatic rings. The van der Waals surface area contributed by atoms with Crippen molar-refractivity contribution in [1.29, 1.82) is 0 Å². The summed E-state index contributed by atoms with van der Waals surface area (Å²) in [7, 11) is 1.61. The zero-order chi connectivity index (χ0) is 14.5. The Balaban J connectivity index is 1.94. The molecule has 3 unspecified atom stereocenters. The van der Waals surface area contributed by atoms with E-state index in [0.29, 0.717) is 12.0 Å². The molecular formula is C16H25N3O. The van der Waals surface area contributed by atoms with Gasteiger partial charge in [-0.15, -0.1) is 0 Å². The van der Waals surface area contributed by atoms with Crippen LogP contribution in [-0.2, 0) is 0 Å². The Kier molecular flexibility index (Phi) is 4.88. The molecule has 0 aromatic heterocycles. The number of hydrogen-bond acceptors (Lipinski definition) is 2. The first-order chi connectivity index (χ1) is 9.60. The minimum absolute atomic E-state index is 0.194. The fraction of sp³-hybridized carbons (Fsp3) is 0.562. The molecule has 2 amide bonds. The first kappa shape index (κ1) is 14.7. The van der Waals surface area contributed by atoms with Crippen molar-refractivity contribution in [3.8, 4) is 0 Å². The molecule has 4 heteroatoms. The van der Waals surface area contributed by atoms with Gasteiger partial charge in [0.1, 0.15) is 0 Å². The van der Waals surface area contributed by atoms with E-state index in [2.05, 4.69) is 29.8 Å². The molecule has 1 aromatic carbocycles. The minimum atomic E-state index is -0.194. The van der Waals surface area contributed by atoms with Gasteiger partial charge in [0, 0.05) is 24.5 Å². The smallest absolute Gasteiger partial charge is 0.318 e. The molecule has 0 spiro atoms. The van der Waals surface area contributed by atoms with Crippen molar-refractivity contribution in [2.75, 3.05) is 17.7 Å². The van der Waals surface area contributed by atoms with Gasteiger partial charge in [0.05, 0.1) is 0 Å². The summed E-state index contributed by atoms with van der Waals surface area (Å²) >= 11 is 0. The summed E-state index contributed by atoms with van der Waals surface area (Å²) in [5.74, 6) is 1.49. The second-order valence-electron chi connectivity index (χ2n) is 5.80. The topological polar surface area (TPSA) is 53.2 Å². The van der Waals surface area contributed by atoms with Crippen LogP contribution >= 0.6 is 0 Å². The second-order valence-corrected chi connectivity index (χ2v) is 5.80. The van der Waals surface area contributed by atoms with Gasteiger partial charge in [-0.1, -0.05) is 26.7 Å². The van der Waals surface area contributed by atoms with Crippen molar-refractivity contribution in [2.45, 2.75) is 39.2 Å². The SMILES string of the molecule is CNC(=O)Nc1ccc(NC2CCCC(C)C2C)cc1. The van der Waals surface area contributed by atoms with Crippen LogP contribution in [0.2, 0.25) is 0 Å². The van der Waals surface area contributed by atoms with Crippen LogP contribution in [0.4, 0.5) is 16.2 Å². The highest BCUT2D eigenvalue weighted by molar-refractivity contribution is 5.89. The molecule has 2 rings (SSSR count). The van der Waals surface area contributed by atoms with E-state index in [0.717, 1.165) is 17.3 Å². The number of benzene rings is 1. The first-order valence-electron chi connectivity index (χ1n) is 7.45. The monoisotopic (exact) mass is 275 g/mol. The number of hydrogen-bond donors (Lipinski definition) is 3. The first-order valence-corrected chi connectivity index (χ1v) is 7.45. The molecule has 4 nitrogen and oxygen atoms in total. The third-order valence-corrected chi connectivity index (χ3v) is 4.43. The Morgan fingerprint density at radius 1 is 1.10 bits per heavy atom. The van der Waals surface area contributed by atoms with Crippen molar-refractivity contribution < 1.29 is 4.79 Å². The van der Waals surface area contributed by atoms with Crippen LogP contribution in [0.15, 0.2) is 24.3 Å². The molecule has 0 saturated heterocycles. The number of nitrogens with one attached hydrogen (secondary N) is 3. The maximum absolute atomic E-state index is 11.2. The molecule has 3 N–H and O–H groups in total. The lowest BCUT2D eigenvalue weighted by molar-refractivity contribution is 0.253. The summed E-state index contributed by atoms with van der Waals surface area (Å²) in [6.45, 7) is 4.68. The van der Waals surface area contributed by atoms with Gasteiger partial charge in [0.15, 0.2) is 0 Å². The van der Waals surface area contributed by atoms with Crippen molar-refractivity contribution in [3.63, 3.8) is 0 Å². The largest absolute Gasteiger partial charge is 0.382 e. The molecule has 1 aliphatic rings. The molecule has 0 heterocycles. The van der Waals surface area contributed by atoms with Crippen molar-refractivity contribution >= 4 is 17.4 Å². The van der Waals surface area contributed by atoms with Crippen LogP contribution in [-0.4, -0.2) is 19.1 Å². The fourth-order valence-electron chi connectivity index (χ4n) is 2.84. The third-order valence-electron chi connectivity index (χ3n) is 4.43. The Labute approximate surface area is 121 Å². The number of rotatable bonds is 3. The van der Waals surface area contributed by atoms with Crippen molar-refractivity contribution in [3.05, 3.63) is 24.3 Å². The van der Waals surface area contributed by atoms with Crippen LogP contribution in [0.3, 0.4) is 0 Å². The second kappa shape index (κ2) is 6.64. The highest BCUT2D eigenvalue weighted by atomic mass is 16.2. The Morgan fingerprint density at radius 2 is 1.75 bits per heavy atom. The van der Waals surface area contributed by atoms with E-state index in [1.165, 1.54) is 19.3 Å². The Morgan fingerprint density at radius 3 is 2.40 bits per heavy atom. The average Bonchev–Trinajstić information content (AvgIpc) is 2.46. The zero-order valence-corrected chi connectivity index (χ0v) is 12.6. The molecule has 0 radical (unpaired) electrons. The van der Waals surface area contributed by atoms with Crippen LogP contribution in [0.1, 0.15) is 33.1 Å². The van der Waals surface area contributed by atoms with E-state index in [4.69, 9.17) is 0 Å². The number of carbonyl (C=O) groups is 1. The quantitative estimate of drug-likeness (QED) is 0.788. The van der Waals surface area contributed by atoms with E-state index in [-0.39, 0.29) is 6.03 Å². The summed E-state index contributed by atoms with van der Waals surface area (Å²) in [5, 5.41) is 8.93. The van der Waals surface area contributed by atoms with Gasteiger partial charge in [-0.05, 0) is 42.5 Å². The van der Waals surface area contributed by atoms with E-state index in [9.17, 15) is 4.79 Å². The Hall–Kier alpha value is -1.71. The summed E-state index contributed by atoms with van der Waals surface area (Å²) in [6.07, 6.45) is 3.89. The molecule has 1 aliphatic carbocycles. The van der Waals surface area contributed by atoms with Crippen LogP contribution in [0.25, 0.3) is 0 Å². The molecular weight excluding hydrogens is 250 g/mol. The number of urea groups is 1. The molecule has 0 bridgehead atoms. The lowest BCUT2D eigenvalue weighted by atomic mass is 9.78. The third kappa shape index (κ3) is 3.65. The van der Waals surface area contributed by atoms with Crippen molar-refractivity contribution in [1.82, 2.24) is 5.32 Å². The predicted octanol–water partition coefficient (Wildman–Crippen LogP) is 3.67. The van der Waals surface area contributed by atoms with Gasteiger partial charge in [-0.2, -0.15) is 0 Å². The number of anilines is 2. The predicted molar refractivity (Wildman–Crippen MR) is 84.1 cm³/mol. The zero-order valence-electron chi connectivity index (χ0n) is 12.6. The standard InChI is InChI=1S/C16H25N3O/c1-11-5-4-6-15(12(11)2)18-13-7-9-14(10-8-13)19-16(20)17-3/h7-12,15,18H,4-6H2,1-3H3,(H2,17,19,20). The van der Waals surface area contributed by atoms with Crippen LogP contribution in [0.5, 0.6) is 0 Å². The highest BCUT2D eigenvalue weighted by Gasteiger charge is 2.26. The molecule has 1 saturated carbocycles. The van der Waals surface area contributed by atoms with Gasteiger partial charge >= 0.3 is 6.03 Å². The summed E-state index contributed by atoms with van der Waals surface area (Å²) in [5.41, 5.74) is 1.93. The van der Waals surface area contributed by atoms with Gasteiger partial charge in [0.2, 0.25) is 0 Å². The molecule has 1 fully saturated rings. The Bertz CT molecular complexity index is 444. The number of amides is 2. The van der Waals surface area contributed by atoms with E-state index < -0.39 is 0 Å². The van der Waals surface area contributed by atoms with Crippen molar-refractivity contribution in [2.24, 2.45) is 11.8 Å². The van der Waals surface area contributed by atoms with Gasteiger partial charge < -0.3 is 16.0 Å². The molecule has 20 heavy (non-hydrogen) atoms. The highest BCUT2D eigenvalue weighted by Crippen LogP contribution is 2.31. The average molecular weight is 275 g/mol. The number of carbonyl (C=O) groups excluding carboxylic acids is 1. The lowest BCUT2D eigenvalue weighted by Crippen LogP contribution is -2.34. The fourth-order valence-corrected chi connectivity index (χ4v) is 2.84. The summed E-state index contributed by atoms with van der Waals surface area (Å²) in [6, 6.07) is 8.26. The maximum Gasteiger partial charge on any atom is 0.318 e. The molecule has 0 aliphatic heterocycles. The normalized spacial score (nSPS) is 25.9. The molecule has 110 valence electrons. The minimum Gasteiger partial charge on any atom is -0.382 e. The summed E-state index contributed by atoms with van der Waals surface area (Å²) < 4.78 is 0. The maximum atomic E-state index is 11.2. The lowest BCUT2D eigenvalue weighted by Gasteiger charge is -2.35. The van der Waals surface area contributed by atoms with Gasteiger partial charge in [0.25, 0.3) is 0 Å². The van der Waals surface area contributed by atoms with Crippen LogP contribution in [0, 0.1) is 11.8 Å². The molecule has 3 atom stereocenters.